The molecule has 0 saturated carbocycles. The molecule has 0 spiro atoms. The van der Waals surface area contributed by atoms with Crippen molar-refractivity contribution in [1.82, 2.24) is 0 Å². The van der Waals surface area contributed by atoms with Crippen LogP contribution in [0.3, 0.4) is 0 Å². The second kappa shape index (κ2) is 3.51. The van der Waals surface area contributed by atoms with Gasteiger partial charge in [-0.15, -0.1) is 0 Å². The zero-order chi connectivity index (χ0) is 12.7. The summed E-state index contributed by atoms with van der Waals surface area (Å²) in [7, 11) is 1.21. The number of benzene rings is 1. The monoisotopic (exact) mass is 236 g/mol. The van der Waals surface area contributed by atoms with Crippen LogP contribution in [0.25, 0.3) is 0 Å². The topological polar surface area (TPSA) is 104 Å². The molecule has 6 nitrogen and oxygen atoms in total. The minimum absolute atomic E-state index is 0.233. The van der Waals surface area contributed by atoms with Gasteiger partial charge in [-0.2, -0.15) is 0 Å². The second-order valence-electron chi connectivity index (χ2n) is 3.42. The number of carbonyl (C=O) groups excluding carboxylic acids is 2. The van der Waals surface area contributed by atoms with E-state index in [1.165, 1.54) is 7.11 Å². The molecular formula is C11H8O6. The van der Waals surface area contributed by atoms with Gasteiger partial charge >= 0.3 is 0 Å². The van der Waals surface area contributed by atoms with E-state index < -0.39 is 34.4 Å². The number of hydrogen-bond donors (Lipinski definition) is 3. The Morgan fingerprint density at radius 1 is 1.06 bits per heavy atom. The van der Waals surface area contributed by atoms with E-state index in [1.807, 2.05) is 0 Å². The van der Waals surface area contributed by atoms with Crippen LogP contribution < -0.4 is 0 Å². The minimum atomic E-state index is -0.734. The van der Waals surface area contributed by atoms with E-state index in [0.29, 0.717) is 0 Å². The Morgan fingerprint density at radius 3 is 2.29 bits per heavy atom. The van der Waals surface area contributed by atoms with Crippen LogP contribution in [0.2, 0.25) is 0 Å². The van der Waals surface area contributed by atoms with Gasteiger partial charge in [0.2, 0.25) is 5.78 Å². The maximum absolute atomic E-state index is 11.8. The predicted octanol–water partition coefficient (Wildman–Crippen LogP) is 0.713. The van der Waals surface area contributed by atoms with Gasteiger partial charge in [-0.3, -0.25) is 9.59 Å². The van der Waals surface area contributed by atoms with Crippen molar-refractivity contribution in [3.8, 4) is 17.2 Å². The summed E-state index contributed by atoms with van der Waals surface area (Å²) in [6.07, 6.45) is 0.892. The summed E-state index contributed by atoms with van der Waals surface area (Å²) in [5, 5.41) is 28.3. The average molecular weight is 236 g/mol. The lowest BCUT2D eigenvalue weighted by Crippen LogP contribution is -2.18. The zero-order valence-corrected chi connectivity index (χ0v) is 8.72. The van der Waals surface area contributed by atoms with Gasteiger partial charge < -0.3 is 20.1 Å². The van der Waals surface area contributed by atoms with Gasteiger partial charge in [0, 0.05) is 12.1 Å². The van der Waals surface area contributed by atoms with Crippen LogP contribution in [-0.4, -0.2) is 34.0 Å². The van der Waals surface area contributed by atoms with Crippen LogP contribution in [0.4, 0.5) is 0 Å². The number of phenolic OH excluding ortho intramolecular Hbond substituents is 3. The first-order valence-electron chi connectivity index (χ1n) is 4.60. The number of phenols is 3. The van der Waals surface area contributed by atoms with Crippen molar-refractivity contribution >= 4 is 11.6 Å². The molecule has 1 aromatic rings. The summed E-state index contributed by atoms with van der Waals surface area (Å²) < 4.78 is 4.69. The van der Waals surface area contributed by atoms with Gasteiger partial charge in [0.05, 0.1) is 18.2 Å². The molecule has 6 heteroatoms. The predicted molar refractivity (Wildman–Crippen MR) is 55.2 cm³/mol. The van der Waals surface area contributed by atoms with E-state index in [2.05, 4.69) is 0 Å². The molecule has 0 atom stereocenters. The fourth-order valence-corrected chi connectivity index (χ4v) is 1.65. The number of carbonyl (C=O) groups is 2. The number of allylic oxidation sites excluding steroid dienone is 2. The van der Waals surface area contributed by atoms with Gasteiger partial charge in [-0.25, -0.2) is 0 Å². The maximum Gasteiger partial charge on any atom is 0.232 e. The number of ether oxygens (including phenoxy) is 1. The third-order valence-corrected chi connectivity index (χ3v) is 2.44. The Balaban J connectivity index is 2.80. The van der Waals surface area contributed by atoms with Gasteiger partial charge in [0.25, 0.3) is 0 Å². The summed E-state index contributed by atoms with van der Waals surface area (Å²) in [4.78, 5) is 23.4. The number of methoxy groups -OCH3 is 1. The zero-order valence-electron chi connectivity index (χ0n) is 8.72. The molecule has 0 amide bonds. The fraction of sp³-hybridized carbons (Fsp3) is 0.0909. The van der Waals surface area contributed by atoms with E-state index in [1.54, 1.807) is 0 Å². The molecule has 88 valence electrons. The van der Waals surface area contributed by atoms with Gasteiger partial charge in [-0.05, 0) is 0 Å². The van der Waals surface area contributed by atoms with Crippen molar-refractivity contribution in [2.24, 2.45) is 0 Å². The number of rotatable bonds is 1. The summed E-state index contributed by atoms with van der Waals surface area (Å²) in [6.45, 7) is 0. The van der Waals surface area contributed by atoms with E-state index in [9.17, 15) is 24.9 Å². The summed E-state index contributed by atoms with van der Waals surface area (Å²) >= 11 is 0. The Hall–Kier alpha value is -2.50. The molecular weight excluding hydrogens is 228 g/mol. The van der Waals surface area contributed by atoms with Crippen LogP contribution in [0.5, 0.6) is 17.2 Å². The molecule has 0 fully saturated rings. The Bertz CT molecular complexity index is 570. The normalized spacial score (nSPS) is 14.3. The van der Waals surface area contributed by atoms with Crippen LogP contribution in [-0.2, 0) is 4.74 Å². The first-order chi connectivity index (χ1) is 7.97. The van der Waals surface area contributed by atoms with Crippen molar-refractivity contribution in [2.75, 3.05) is 7.11 Å². The number of ketones is 2. The summed E-state index contributed by atoms with van der Waals surface area (Å²) in [6, 6.07) is 0.790. The number of hydrogen-bond acceptors (Lipinski definition) is 6. The largest absolute Gasteiger partial charge is 0.507 e. The minimum Gasteiger partial charge on any atom is -0.507 e. The first kappa shape index (κ1) is 11.0. The quantitative estimate of drug-likeness (QED) is 0.490. The summed E-state index contributed by atoms with van der Waals surface area (Å²) in [5.74, 6) is -3.67. The van der Waals surface area contributed by atoms with Crippen molar-refractivity contribution in [3.63, 3.8) is 0 Å². The van der Waals surface area contributed by atoms with E-state index in [4.69, 9.17) is 4.74 Å². The SMILES string of the molecule is COC1=CC(=O)c2c(O)c(O)cc(O)c2C1=O. The van der Waals surface area contributed by atoms with Crippen molar-refractivity contribution in [2.45, 2.75) is 0 Å². The molecule has 17 heavy (non-hydrogen) atoms. The molecule has 1 aromatic carbocycles. The van der Waals surface area contributed by atoms with Crippen LogP contribution in [0.15, 0.2) is 17.9 Å². The highest BCUT2D eigenvalue weighted by molar-refractivity contribution is 6.26. The smallest absolute Gasteiger partial charge is 0.232 e. The molecule has 3 N–H and O–H groups in total. The van der Waals surface area contributed by atoms with E-state index in [0.717, 1.165) is 12.1 Å². The Morgan fingerprint density at radius 2 is 1.71 bits per heavy atom. The summed E-state index contributed by atoms with van der Waals surface area (Å²) in [5.41, 5.74) is -0.794. The highest BCUT2D eigenvalue weighted by Crippen LogP contribution is 2.40. The van der Waals surface area contributed by atoms with Crippen molar-refractivity contribution in [1.29, 1.82) is 0 Å². The molecule has 0 radical (unpaired) electrons. The molecule has 0 bridgehead atoms. The highest BCUT2D eigenvalue weighted by atomic mass is 16.5. The van der Waals surface area contributed by atoms with Crippen molar-refractivity contribution in [3.05, 3.63) is 29.0 Å². The van der Waals surface area contributed by atoms with E-state index in [-0.39, 0.29) is 11.3 Å². The van der Waals surface area contributed by atoms with Crippen LogP contribution in [0.1, 0.15) is 20.7 Å². The van der Waals surface area contributed by atoms with Crippen LogP contribution >= 0.6 is 0 Å². The number of fused-ring (bicyclic) bond motifs is 1. The van der Waals surface area contributed by atoms with E-state index >= 15 is 0 Å². The Kier molecular flexibility index (Phi) is 2.27. The molecule has 0 aromatic heterocycles. The number of aromatic hydroxyl groups is 3. The highest BCUT2D eigenvalue weighted by Gasteiger charge is 2.33. The molecule has 0 aliphatic heterocycles. The first-order valence-corrected chi connectivity index (χ1v) is 4.60. The van der Waals surface area contributed by atoms with Gasteiger partial charge in [0.15, 0.2) is 23.0 Å². The molecule has 1 aliphatic rings. The fourth-order valence-electron chi connectivity index (χ4n) is 1.65. The van der Waals surface area contributed by atoms with Crippen LogP contribution in [0, 0.1) is 0 Å². The second-order valence-corrected chi connectivity index (χ2v) is 3.42. The molecule has 2 rings (SSSR count). The average Bonchev–Trinajstić information content (AvgIpc) is 2.28. The maximum atomic E-state index is 11.8. The third kappa shape index (κ3) is 1.42. The lowest BCUT2D eigenvalue weighted by atomic mass is 9.91. The molecule has 0 unspecified atom stereocenters. The standard InChI is InChI=1S/C11H8O6/c1-17-7-3-5(13)8-9(11(7)16)4(12)2-6(14)10(8)15/h2-3,12,14-15H,1H3. The van der Waals surface area contributed by atoms with Crippen molar-refractivity contribution < 1.29 is 29.6 Å². The lowest BCUT2D eigenvalue weighted by molar-refractivity contribution is 0.0911. The van der Waals surface area contributed by atoms with Gasteiger partial charge in [-0.1, -0.05) is 0 Å². The number of Topliss-reactive ketones (excluding diaryl/α,β-unsaturated/α-hetero) is 1. The Labute approximate surface area is 95.4 Å². The molecule has 0 saturated heterocycles. The third-order valence-electron chi connectivity index (χ3n) is 2.44. The lowest BCUT2D eigenvalue weighted by Gasteiger charge is -2.16. The molecule has 0 heterocycles. The molecule has 1 aliphatic carbocycles. The van der Waals surface area contributed by atoms with Gasteiger partial charge in [0.1, 0.15) is 5.75 Å².